The summed E-state index contributed by atoms with van der Waals surface area (Å²) < 4.78 is 1.67. The Balaban J connectivity index is 2.34. The van der Waals surface area contributed by atoms with Gasteiger partial charge in [0.25, 0.3) is 0 Å². The highest BCUT2D eigenvalue weighted by atomic mass is 16.2. The maximum atomic E-state index is 11.1. The van der Waals surface area contributed by atoms with E-state index in [-0.39, 0.29) is 12.2 Å². The van der Waals surface area contributed by atoms with Gasteiger partial charge in [0.1, 0.15) is 5.78 Å². The first kappa shape index (κ1) is 10.4. The number of Topliss-reactive ketones (excluding diaryl/α,β-unsaturated/α-hetero) is 1. The van der Waals surface area contributed by atoms with Gasteiger partial charge < -0.3 is 5.73 Å². The van der Waals surface area contributed by atoms with Gasteiger partial charge in [-0.1, -0.05) is 0 Å². The van der Waals surface area contributed by atoms with Crippen molar-refractivity contribution in [1.82, 2.24) is 9.78 Å². The Labute approximate surface area is 81.9 Å². The molecule has 0 radical (unpaired) electrons. The Bertz CT molecular complexity index is 344. The van der Waals surface area contributed by atoms with E-state index in [1.807, 2.05) is 13.2 Å². The Morgan fingerprint density at radius 1 is 1.57 bits per heavy atom. The molecule has 0 aliphatic carbocycles. The minimum absolute atomic E-state index is 0.124. The fourth-order valence-corrected chi connectivity index (χ4v) is 1.17. The first-order chi connectivity index (χ1) is 6.58. The quantitative estimate of drug-likeness (QED) is 0.661. The van der Waals surface area contributed by atoms with E-state index in [9.17, 15) is 9.59 Å². The number of nitrogens with zero attached hydrogens (tertiary/aromatic N) is 2. The molecule has 0 aliphatic rings. The van der Waals surface area contributed by atoms with Gasteiger partial charge in [-0.25, -0.2) is 0 Å². The predicted octanol–water partition coefficient (Wildman–Crippen LogP) is -0.203. The van der Waals surface area contributed by atoms with Crippen LogP contribution in [0.4, 0.5) is 0 Å². The molecule has 0 aromatic carbocycles. The van der Waals surface area contributed by atoms with E-state index in [1.54, 1.807) is 10.9 Å². The molecule has 0 fully saturated rings. The third kappa shape index (κ3) is 3.38. The lowest BCUT2D eigenvalue weighted by Crippen LogP contribution is -2.16. The van der Waals surface area contributed by atoms with E-state index >= 15 is 0 Å². The Morgan fingerprint density at radius 3 is 2.79 bits per heavy atom. The van der Waals surface area contributed by atoms with Crippen LogP contribution in [0.1, 0.15) is 18.4 Å². The van der Waals surface area contributed by atoms with Crippen molar-refractivity contribution in [2.45, 2.75) is 19.3 Å². The monoisotopic (exact) mass is 195 g/mol. The summed E-state index contributed by atoms with van der Waals surface area (Å²) in [6.45, 7) is 0. The van der Waals surface area contributed by atoms with Gasteiger partial charge >= 0.3 is 0 Å². The van der Waals surface area contributed by atoms with Gasteiger partial charge in [0.15, 0.2) is 0 Å². The lowest BCUT2D eigenvalue weighted by Gasteiger charge is -1.95. The molecule has 0 unspecified atom stereocenters. The summed E-state index contributed by atoms with van der Waals surface area (Å²) >= 11 is 0. The van der Waals surface area contributed by atoms with Crippen LogP contribution in [0.15, 0.2) is 12.4 Å². The molecule has 0 atom stereocenters. The molecule has 0 bridgehead atoms. The summed E-state index contributed by atoms with van der Waals surface area (Å²) in [6.07, 6.45) is 4.34. The van der Waals surface area contributed by atoms with Crippen molar-refractivity contribution in [3.63, 3.8) is 0 Å². The van der Waals surface area contributed by atoms with E-state index in [0.717, 1.165) is 5.56 Å². The normalized spacial score (nSPS) is 10.1. The molecule has 1 aromatic rings. The smallest absolute Gasteiger partial charge is 0.224 e. The van der Waals surface area contributed by atoms with Gasteiger partial charge in [-0.15, -0.1) is 0 Å². The zero-order chi connectivity index (χ0) is 10.6. The number of amides is 1. The van der Waals surface area contributed by atoms with Crippen molar-refractivity contribution in [2.24, 2.45) is 12.8 Å². The molecule has 0 saturated heterocycles. The SMILES string of the molecule is Cn1cc(CCC(=O)CC(N)=O)cn1. The summed E-state index contributed by atoms with van der Waals surface area (Å²) in [4.78, 5) is 21.5. The molecule has 5 heteroatoms. The number of nitrogens with two attached hydrogens (primary N) is 1. The van der Waals surface area contributed by atoms with Crippen molar-refractivity contribution < 1.29 is 9.59 Å². The maximum absolute atomic E-state index is 11.1. The lowest BCUT2D eigenvalue weighted by molar-refractivity contribution is -0.126. The summed E-state index contributed by atoms with van der Waals surface area (Å²) in [7, 11) is 1.81. The van der Waals surface area contributed by atoms with Crippen molar-refractivity contribution in [3.05, 3.63) is 18.0 Å². The lowest BCUT2D eigenvalue weighted by atomic mass is 10.1. The first-order valence-corrected chi connectivity index (χ1v) is 4.35. The molecule has 5 nitrogen and oxygen atoms in total. The van der Waals surface area contributed by atoms with Crippen LogP contribution in [0, 0.1) is 0 Å². The minimum atomic E-state index is -0.568. The van der Waals surface area contributed by atoms with E-state index in [1.165, 1.54) is 0 Å². The number of hydrogen-bond donors (Lipinski definition) is 1. The number of carbonyl (C=O) groups excluding carboxylic acids is 2. The van der Waals surface area contributed by atoms with Crippen LogP contribution < -0.4 is 5.73 Å². The third-order valence-corrected chi connectivity index (χ3v) is 1.82. The Kier molecular flexibility index (Phi) is 3.39. The van der Waals surface area contributed by atoms with Gasteiger partial charge in [-0.2, -0.15) is 5.10 Å². The van der Waals surface area contributed by atoms with Gasteiger partial charge in [0.2, 0.25) is 5.91 Å². The summed E-state index contributed by atoms with van der Waals surface area (Å²) in [6, 6.07) is 0. The van der Waals surface area contributed by atoms with Gasteiger partial charge in [0, 0.05) is 19.7 Å². The van der Waals surface area contributed by atoms with Crippen molar-refractivity contribution in [1.29, 1.82) is 0 Å². The van der Waals surface area contributed by atoms with Gasteiger partial charge in [-0.3, -0.25) is 14.3 Å². The highest BCUT2D eigenvalue weighted by molar-refractivity contribution is 5.97. The van der Waals surface area contributed by atoms with E-state index in [0.29, 0.717) is 12.8 Å². The third-order valence-electron chi connectivity index (χ3n) is 1.82. The zero-order valence-electron chi connectivity index (χ0n) is 8.06. The standard InChI is InChI=1S/C9H13N3O2/c1-12-6-7(5-11-12)2-3-8(13)4-9(10)14/h5-6H,2-4H2,1H3,(H2,10,14). The molecule has 0 saturated carbocycles. The fraction of sp³-hybridized carbons (Fsp3) is 0.444. The van der Waals surface area contributed by atoms with Crippen LogP contribution in [0.2, 0.25) is 0 Å². The molecule has 1 aromatic heterocycles. The molecule has 14 heavy (non-hydrogen) atoms. The van der Waals surface area contributed by atoms with Gasteiger partial charge in [0.05, 0.1) is 12.6 Å². The van der Waals surface area contributed by atoms with Crippen molar-refractivity contribution in [3.8, 4) is 0 Å². The molecule has 1 heterocycles. The van der Waals surface area contributed by atoms with Gasteiger partial charge in [-0.05, 0) is 12.0 Å². The second-order valence-electron chi connectivity index (χ2n) is 3.20. The van der Waals surface area contributed by atoms with Crippen molar-refractivity contribution >= 4 is 11.7 Å². The zero-order valence-corrected chi connectivity index (χ0v) is 8.06. The predicted molar refractivity (Wildman–Crippen MR) is 50.3 cm³/mol. The minimum Gasteiger partial charge on any atom is -0.369 e. The number of primary amides is 1. The largest absolute Gasteiger partial charge is 0.369 e. The number of hydrogen-bond acceptors (Lipinski definition) is 3. The molecule has 76 valence electrons. The molecule has 0 aliphatic heterocycles. The highest BCUT2D eigenvalue weighted by Gasteiger charge is 2.06. The molecule has 0 spiro atoms. The maximum Gasteiger partial charge on any atom is 0.224 e. The van der Waals surface area contributed by atoms with Crippen LogP contribution in [-0.2, 0) is 23.1 Å². The van der Waals surface area contributed by atoms with Crippen LogP contribution in [0.5, 0.6) is 0 Å². The first-order valence-electron chi connectivity index (χ1n) is 4.35. The molecule has 1 amide bonds. The van der Waals surface area contributed by atoms with E-state index in [4.69, 9.17) is 5.73 Å². The summed E-state index contributed by atoms with van der Waals surface area (Å²) in [5.74, 6) is -0.692. The molecule has 2 N–H and O–H groups in total. The van der Waals surface area contributed by atoms with Crippen LogP contribution in [0.3, 0.4) is 0 Å². The average molecular weight is 195 g/mol. The molecular formula is C9H13N3O2. The second-order valence-corrected chi connectivity index (χ2v) is 3.20. The molecular weight excluding hydrogens is 182 g/mol. The van der Waals surface area contributed by atoms with Crippen LogP contribution >= 0.6 is 0 Å². The topological polar surface area (TPSA) is 78.0 Å². The number of aryl methyl sites for hydroxylation is 2. The number of aromatic nitrogens is 2. The fourth-order valence-electron chi connectivity index (χ4n) is 1.17. The highest BCUT2D eigenvalue weighted by Crippen LogP contribution is 2.02. The average Bonchev–Trinajstić information content (AvgIpc) is 2.47. The summed E-state index contributed by atoms with van der Waals surface area (Å²) in [5, 5.41) is 3.97. The Hall–Kier alpha value is -1.65. The summed E-state index contributed by atoms with van der Waals surface area (Å²) in [5.41, 5.74) is 5.88. The Morgan fingerprint density at radius 2 is 2.29 bits per heavy atom. The number of rotatable bonds is 5. The number of ketones is 1. The second kappa shape index (κ2) is 4.55. The molecule has 1 rings (SSSR count). The van der Waals surface area contributed by atoms with Crippen LogP contribution in [-0.4, -0.2) is 21.5 Å². The van der Waals surface area contributed by atoms with Crippen LogP contribution in [0.25, 0.3) is 0 Å². The van der Waals surface area contributed by atoms with Crippen molar-refractivity contribution in [2.75, 3.05) is 0 Å². The number of carbonyl (C=O) groups is 2. The van der Waals surface area contributed by atoms with E-state index in [2.05, 4.69) is 5.10 Å². The van der Waals surface area contributed by atoms with E-state index < -0.39 is 5.91 Å².